The number of amides is 2. The molecule has 0 unspecified atom stereocenters. The number of nitro benzene ring substituents is 1. The monoisotopic (exact) mass is 452 g/mol. The normalized spacial score (nSPS) is 23.1. The number of rotatable bonds is 4. The van der Waals surface area contributed by atoms with E-state index >= 15 is 0 Å². The lowest BCUT2D eigenvalue weighted by atomic mass is 9.81. The molecule has 2 saturated heterocycles. The van der Waals surface area contributed by atoms with Crippen molar-refractivity contribution in [1.82, 2.24) is 0 Å². The smallest absolute Gasteiger partial charge is 0.294 e. The maximum absolute atomic E-state index is 13.2. The maximum atomic E-state index is 13.2. The average Bonchev–Trinajstić information content (AvgIpc) is 3.09. The predicted molar refractivity (Wildman–Crippen MR) is 122 cm³/mol. The first-order valence-corrected chi connectivity index (χ1v) is 11.4. The Labute approximate surface area is 190 Å². The van der Waals surface area contributed by atoms with E-state index in [0.717, 1.165) is 23.4 Å². The molecule has 8 nitrogen and oxygen atoms in total. The summed E-state index contributed by atoms with van der Waals surface area (Å²) in [4.78, 5) is 42.5. The number of fused-ring (bicyclic) bond motifs is 1. The van der Waals surface area contributed by atoms with Gasteiger partial charge < -0.3 is 9.80 Å². The Morgan fingerprint density at radius 3 is 1.94 bits per heavy atom. The van der Waals surface area contributed by atoms with Crippen LogP contribution in [0.5, 0.6) is 0 Å². The third kappa shape index (κ3) is 3.81. The highest BCUT2D eigenvalue weighted by atomic mass is 19.1. The van der Waals surface area contributed by atoms with Gasteiger partial charge >= 0.3 is 0 Å². The Balaban J connectivity index is 1.36. The van der Waals surface area contributed by atoms with Gasteiger partial charge in [0.05, 0.1) is 22.4 Å². The number of hydrogen-bond acceptors (Lipinski definition) is 6. The van der Waals surface area contributed by atoms with Crippen molar-refractivity contribution in [3.63, 3.8) is 0 Å². The van der Waals surface area contributed by atoms with Crippen molar-refractivity contribution in [1.29, 1.82) is 0 Å². The fourth-order valence-corrected chi connectivity index (χ4v) is 5.34. The number of halogens is 1. The van der Waals surface area contributed by atoms with E-state index in [1.165, 1.54) is 18.2 Å². The molecule has 1 aliphatic carbocycles. The second-order valence-corrected chi connectivity index (χ2v) is 8.89. The third-order valence-electron chi connectivity index (χ3n) is 7.07. The topological polar surface area (TPSA) is 87.0 Å². The number of carbonyl (C=O) groups is 2. The van der Waals surface area contributed by atoms with Crippen molar-refractivity contribution in [3.8, 4) is 0 Å². The quantitative estimate of drug-likeness (QED) is 0.399. The minimum atomic E-state index is -0.455. The molecule has 5 rings (SSSR count). The van der Waals surface area contributed by atoms with Crippen LogP contribution < -0.4 is 14.7 Å². The first-order chi connectivity index (χ1) is 15.9. The predicted octanol–water partition coefficient (Wildman–Crippen LogP) is 3.74. The molecule has 2 aliphatic heterocycles. The minimum absolute atomic E-state index is 0.113. The second-order valence-electron chi connectivity index (χ2n) is 8.89. The number of piperazine rings is 1. The molecule has 0 radical (unpaired) electrons. The van der Waals surface area contributed by atoms with Crippen LogP contribution in [-0.4, -0.2) is 42.9 Å². The van der Waals surface area contributed by atoms with Crippen LogP contribution >= 0.6 is 0 Å². The van der Waals surface area contributed by atoms with E-state index in [2.05, 4.69) is 4.90 Å². The highest BCUT2D eigenvalue weighted by Gasteiger charge is 2.49. The minimum Gasteiger partial charge on any atom is -0.368 e. The maximum Gasteiger partial charge on any atom is 0.294 e. The van der Waals surface area contributed by atoms with Crippen LogP contribution in [0.15, 0.2) is 42.5 Å². The summed E-state index contributed by atoms with van der Waals surface area (Å²) in [5, 5.41) is 11.9. The number of nitrogens with zero attached hydrogens (tertiary/aromatic N) is 4. The molecule has 2 aromatic carbocycles. The van der Waals surface area contributed by atoms with Gasteiger partial charge in [-0.3, -0.25) is 19.7 Å². The molecule has 0 N–H and O–H groups in total. The molecule has 2 heterocycles. The molecule has 172 valence electrons. The second kappa shape index (κ2) is 8.46. The van der Waals surface area contributed by atoms with Gasteiger partial charge in [0.2, 0.25) is 11.8 Å². The fraction of sp³-hybridized carbons (Fsp3) is 0.417. The zero-order chi connectivity index (χ0) is 23.1. The first kappa shape index (κ1) is 21.4. The summed E-state index contributed by atoms with van der Waals surface area (Å²) < 4.78 is 13.2. The molecular weight excluding hydrogens is 427 g/mol. The molecule has 0 aromatic heterocycles. The van der Waals surface area contributed by atoms with Crippen molar-refractivity contribution in [3.05, 3.63) is 58.4 Å². The van der Waals surface area contributed by atoms with Gasteiger partial charge in [0, 0.05) is 37.9 Å². The number of hydrogen-bond donors (Lipinski definition) is 0. The van der Waals surface area contributed by atoms with E-state index in [0.29, 0.717) is 44.7 Å². The molecule has 1 saturated carbocycles. The summed E-state index contributed by atoms with van der Waals surface area (Å²) in [6.45, 7) is 2.39. The van der Waals surface area contributed by atoms with Gasteiger partial charge in [-0.15, -0.1) is 0 Å². The number of anilines is 3. The first-order valence-electron chi connectivity index (χ1n) is 11.4. The molecule has 2 atom stereocenters. The van der Waals surface area contributed by atoms with Gasteiger partial charge in [-0.05, 0) is 49.2 Å². The van der Waals surface area contributed by atoms with E-state index in [4.69, 9.17) is 0 Å². The lowest BCUT2D eigenvalue weighted by molar-refractivity contribution is -0.384. The molecule has 3 fully saturated rings. The molecular formula is C24H25FN4O4. The lowest BCUT2D eigenvalue weighted by Gasteiger charge is -2.37. The van der Waals surface area contributed by atoms with Crippen molar-refractivity contribution >= 4 is 34.6 Å². The third-order valence-corrected chi connectivity index (χ3v) is 7.07. The van der Waals surface area contributed by atoms with Crippen molar-refractivity contribution in [2.24, 2.45) is 11.8 Å². The molecule has 3 aliphatic rings. The van der Waals surface area contributed by atoms with Gasteiger partial charge in [-0.1, -0.05) is 12.8 Å². The van der Waals surface area contributed by atoms with Crippen LogP contribution in [0, 0.1) is 27.8 Å². The summed E-state index contributed by atoms with van der Waals surface area (Å²) in [5.74, 6) is -1.37. The zero-order valence-corrected chi connectivity index (χ0v) is 18.2. The van der Waals surface area contributed by atoms with Gasteiger partial charge in [0.25, 0.3) is 5.69 Å². The van der Waals surface area contributed by atoms with Gasteiger partial charge in [-0.2, -0.15) is 0 Å². The van der Waals surface area contributed by atoms with E-state index in [9.17, 15) is 24.1 Å². The molecule has 2 amide bonds. The van der Waals surface area contributed by atoms with E-state index in [-0.39, 0.29) is 40.8 Å². The van der Waals surface area contributed by atoms with E-state index in [1.54, 1.807) is 24.3 Å². The van der Waals surface area contributed by atoms with Crippen LogP contribution in [-0.2, 0) is 9.59 Å². The SMILES string of the molecule is O=C1[C@@H]2CCCC[C@H]2C(=O)N1c1ccc(N2CCN(c3ccc(F)cc3)CC2)c([N+](=O)[O-])c1. The van der Waals surface area contributed by atoms with Gasteiger partial charge in [0.1, 0.15) is 11.5 Å². The van der Waals surface area contributed by atoms with Crippen LogP contribution in [0.4, 0.5) is 27.1 Å². The van der Waals surface area contributed by atoms with Crippen molar-refractivity contribution in [2.45, 2.75) is 25.7 Å². The Morgan fingerprint density at radius 2 is 1.36 bits per heavy atom. The standard InChI is InChI=1S/C24H25FN4O4/c25-16-5-7-17(8-6-16)26-11-13-27(14-12-26)21-10-9-18(15-22(21)29(32)33)28-23(30)19-3-1-2-4-20(19)24(28)31/h5-10,15,19-20H,1-4,11-14H2/t19-,20-/m1/s1. The number of nitro groups is 1. The summed E-state index contributed by atoms with van der Waals surface area (Å²) in [6, 6.07) is 10.9. The molecule has 0 bridgehead atoms. The summed E-state index contributed by atoms with van der Waals surface area (Å²) in [6.07, 6.45) is 3.25. The fourth-order valence-electron chi connectivity index (χ4n) is 5.34. The Morgan fingerprint density at radius 1 is 0.818 bits per heavy atom. The van der Waals surface area contributed by atoms with Crippen LogP contribution in [0.1, 0.15) is 25.7 Å². The Kier molecular flexibility index (Phi) is 5.47. The van der Waals surface area contributed by atoms with E-state index < -0.39 is 4.92 Å². The summed E-state index contributed by atoms with van der Waals surface area (Å²) in [7, 11) is 0. The number of benzene rings is 2. The Hall–Kier alpha value is -3.49. The molecule has 0 spiro atoms. The molecule has 9 heteroatoms. The summed E-state index contributed by atoms with van der Waals surface area (Å²) in [5.41, 5.74) is 1.55. The lowest BCUT2D eigenvalue weighted by Crippen LogP contribution is -2.46. The highest BCUT2D eigenvalue weighted by Crippen LogP contribution is 2.42. The van der Waals surface area contributed by atoms with Crippen molar-refractivity contribution in [2.75, 3.05) is 40.9 Å². The molecule has 33 heavy (non-hydrogen) atoms. The van der Waals surface area contributed by atoms with Crippen molar-refractivity contribution < 1.29 is 18.9 Å². The average molecular weight is 452 g/mol. The largest absolute Gasteiger partial charge is 0.368 e. The van der Waals surface area contributed by atoms with E-state index in [1.807, 2.05) is 4.90 Å². The highest BCUT2D eigenvalue weighted by molar-refractivity contribution is 6.22. The Bertz CT molecular complexity index is 1070. The summed E-state index contributed by atoms with van der Waals surface area (Å²) >= 11 is 0. The van der Waals surface area contributed by atoms with Gasteiger partial charge in [0.15, 0.2) is 0 Å². The number of imide groups is 1. The molecule has 2 aromatic rings. The zero-order valence-electron chi connectivity index (χ0n) is 18.2. The van der Waals surface area contributed by atoms with Crippen LogP contribution in [0.25, 0.3) is 0 Å². The van der Waals surface area contributed by atoms with Gasteiger partial charge in [-0.25, -0.2) is 9.29 Å². The van der Waals surface area contributed by atoms with Crippen LogP contribution in [0.3, 0.4) is 0 Å². The number of carbonyl (C=O) groups excluding carboxylic acids is 2. The van der Waals surface area contributed by atoms with Crippen LogP contribution in [0.2, 0.25) is 0 Å².